The van der Waals surface area contributed by atoms with Gasteiger partial charge in [-0.15, -0.1) is 10.6 Å². The molecule has 3 amide bonds. The summed E-state index contributed by atoms with van der Waals surface area (Å²) in [6.45, 7) is 2.79. The Balaban J connectivity index is 1.70. The Morgan fingerprint density at radius 3 is 2.55 bits per heavy atom. The van der Waals surface area contributed by atoms with E-state index in [2.05, 4.69) is 37.1 Å². The summed E-state index contributed by atoms with van der Waals surface area (Å²) in [4.78, 5) is 54.4. The second-order valence-corrected chi connectivity index (χ2v) is 11.9. The van der Waals surface area contributed by atoms with Crippen LogP contribution in [0, 0.1) is 5.41 Å². The number of nitrogens with one attached hydrogen (secondary N) is 5. The summed E-state index contributed by atoms with van der Waals surface area (Å²) in [6, 6.07) is 4.06. The Kier molecular flexibility index (Phi) is 11.5. The molecule has 1 aliphatic rings. The van der Waals surface area contributed by atoms with Crippen molar-refractivity contribution in [1.29, 1.82) is 0 Å². The number of hydrogen-bond donors (Lipinski definition) is 6. The number of hydrazine groups is 2. The van der Waals surface area contributed by atoms with Crippen LogP contribution in [-0.2, 0) is 32.1 Å². The van der Waals surface area contributed by atoms with Crippen LogP contribution in [0.25, 0.3) is 0 Å². The molecule has 0 unspecified atom stereocenters. The fraction of sp³-hybridized carbons (Fsp3) is 0.440. The van der Waals surface area contributed by atoms with Crippen molar-refractivity contribution < 1.29 is 33.8 Å². The van der Waals surface area contributed by atoms with Crippen molar-refractivity contribution in [2.75, 3.05) is 27.3 Å². The van der Waals surface area contributed by atoms with Crippen LogP contribution in [-0.4, -0.2) is 106 Å². The predicted octanol–water partition coefficient (Wildman–Crippen LogP) is -1.57. The Bertz CT molecular complexity index is 1330. The van der Waals surface area contributed by atoms with E-state index < -0.39 is 41.7 Å². The van der Waals surface area contributed by atoms with Crippen LogP contribution in [0.2, 0.25) is 0 Å². The van der Waals surface area contributed by atoms with Gasteiger partial charge >= 0.3 is 156 Å². The van der Waals surface area contributed by atoms with E-state index in [-0.39, 0.29) is 13.0 Å². The number of carbonyl (C=O) groups excluding carboxylic acids is 3. The van der Waals surface area contributed by atoms with Gasteiger partial charge in [-0.2, -0.15) is 0 Å². The quantitative estimate of drug-likeness (QED) is 0.0903. The average molecular weight is 777 g/mol. The molecule has 0 saturated heterocycles. The molecule has 42 heavy (non-hydrogen) atoms. The minimum Gasteiger partial charge on any atom is -0.496 e. The third-order valence-electron chi connectivity index (χ3n) is 6.47. The standard InChI is InChI=1S/C25H35N9O7.Tl/c1-25(2,23(38)27-8-7-16-11-26-14-29-16)24(39)30-18(22(37)28-12-21(35)36)10-20-31-32-33-34(20)13-15-5-6-17(40-3)9-19(15)41-4;/h5-6,9,11,14,18,32-33H,7-8,10,12-13H2,1-4H3,(H5,26,27,28,29,30,35,36,37,38,39);/q;+1/p-1/t18-;/m0./s1. The smallest absolute Gasteiger partial charge is 0.496 e. The van der Waals surface area contributed by atoms with Crippen molar-refractivity contribution in [3.63, 3.8) is 0 Å². The van der Waals surface area contributed by atoms with E-state index in [0.717, 1.165) is 11.3 Å². The minimum absolute atomic E-state index is 0.126. The number of aromatic nitrogens is 2. The first-order valence-corrected chi connectivity index (χ1v) is 14.9. The number of carboxylic acid groups (broad SMARTS) is 1. The van der Waals surface area contributed by atoms with E-state index in [1.165, 1.54) is 21.0 Å². The van der Waals surface area contributed by atoms with Gasteiger partial charge in [-0.1, -0.05) is 0 Å². The molecule has 0 radical (unpaired) electrons. The summed E-state index contributed by atoms with van der Waals surface area (Å²) in [5.41, 5.74) is 5.69. The molecule has 0 bridgehead atoms. The summed E-state index contributed by atoms with van der Waals surface area (Å²) < 4.78 is 12.7. The van der Waals surface area contributed by atoms with E-state index in [1.807, 2.05) is 8.44 Å². The number of aliphatic carboxylic acids is 1. The van der Waals surface area contributed by atoms with Crippen molar-refractivity contribution in [2.45, 2.75) is 39.3 Å². The Morgan fingerprint density at radius 2 is 1.90 bits per heavy atom. The van der Waals surface area contributed by atoms with Crippen molar-refractivity contribution in [3.05, 3.63) is 42.0 Å². The summed E-state index contributed by atoms with van der Waals surface area (Å²) in [5.74, 6) is -1.73. The molecule has 0 aliphatic carbocycles. The molecule has 17 heteroatoms. The molecular weight excluding hydrogens is 743 g/mol. The number of ether oxygens (including phenoxy) is 2. The monoisotopic (exact) mass is 777 g/mol. The fourth-order valence-corrected chi connectivity index (χ4v) is 4.94. The van der Waals surface area contributed by atoms with Crippen molar-refractivity contribution in [3.8, 4) is 11.5 Å². The van der Waals surface area contributed by atoms with Crippen LogP contribution < -0.4 is 36.5 Å². The molecule has 0 fully saturated rings. The molecule has 0 spiro atoms. The topological polar surface area (TPSA) is 201 Å². The van der Waals surface area contributed by atoms with Crippen molar-refractivity contribution in [2.24, 2.45) is 10.5 Å². The van der Waals surface area contributed by atoms with Crippen LogP contribution in [0.3, 0.4) is 0 Å². The Morgan fingerprint density at radius 1 is 1.14 bits per heavy atom. The summed E-state index contributed by atoms with van der Waals surface area (Å²) in [7, 11) is 3.07. The second-order valence-electron chi connectivity index (χ2n) is 9.78. The third kappa shape index (κ3) is 8.54. The van der Waals surface area contributed by atoms with Gasteiger partial charge in [0, 0.05) is 11.6 Å². The predicted molar refractivity (Wildman–Crippen MR) is 150 cm³/mol. The molecule has 224 valence electrons. The first-order valence-electron chi connectivity index (χ1n) is 12.9. The summed E-state index contributed by atoms with van der Waals surface area (Å²) >= 11 is 0.540. The van der Waals surface area contributed by atoms with Crippen LogP contribution in [0.5, 0.6) is 11.5 Å². The SMILES string of the molecule is COc1ccc(CN2NNN=C2C[C@H](NC(=O)C(C)(C)C(=O)NCCc2cnc[n]2[Tl])C(=O)NCC(=O)O)c(OC)c1. The molecule has 0 saturated carbocycles. The first-order chi connectivity index (χ1) is 20.0. The van der Waals surface area contributed by atoms with Crippen molar-refractivity contribution >= 4 is 55.6 Å². The van der Waals surface area contributed by atoms with E-state index in [0.29, 0.717) is 56.4 Å². The Labute approximate surface area is 258 Å². The number of nitrogens with zero attached hydrogens (tertiary/aromatic N) is 4. The zero-order chi connectivity index (χ0) is 30.9. The number of hydrazone groups is 1. The van der Waals surface area contributed by atoms with E-state index in [9.17, 15) is 19.2 Å². The van der Waals surface area contributed by atoms with Crippen LogP contribution in [0.1, 0.15) is 31.5 Å². The van der Waals surface area contributed by atoms with Gasteiger partial charge in [0.05, 0.1) is 20.8 Å². The number of rotatable bonds is 15. The second kappa shape index (κ2) is 14.8. The summed E-state index contributed by atoms with van der Waals surface area (Å²) in [5, 5.41) is 22.5. The molecule has 3 rings (SSSR count). The van der Waals surface area contributed by atoms with Crippen LogP contribution >= 0.6 is 0 Å². The van der Waals surface area contributed by atoms with E-state index >= 15 is 0 Å². The Hall–Kier alpha value is -3.94. The molecule has 6 N–H and O–H groups in total. The molecular formula is C25H34N9O7Tl. The number of amidine groups is 1. The van der Waals surface area contributed by atoms with Gasteiger partial charge in [0.2, 0.25) is 0 Å². The number of carbonyl (C=O) groups is 4. The van der Waals surface area contributed by atoms with Gasteiger partial charge in [-0.25, -0.2) is 5.53 Å². The molecule has 16 nitrogen and oxygen atoms in total. The third-order valence-corrected chi connectivity index (χ3v) is 8.28. The van der Waals surface area contributed by atoms with Gasteiger partial charge in [-0.3, -0.25) is 9.80 Å². The maximum absolute atomic E-state index is 13.3. The number of carboxylic acids is 1. The molecule has 1 aromatic heterocycles. The molecule has 1 aromatic carbocycles. The summed E-state index contributed by atoms with van der Waals surface area (Å²) in [6.07, 6.45) is 3.88. The van der Waals surface area contributed by atoms with Gasteiger partial charge in [0.15, 0.2) is 0 Å². The number of benzene rings is 1. The molecule has 1 aliphatic heterocycles. The maximum atomic E-state index is 13.3. The normalized spacial score (nSPS) is 13.4. The van der Waals surface area contributed by atoms with E-state index in [4.69, 9.17) is 14.6 Å². The minimum atomic E-state index is -1.54. The first kappa shape index (κ1) is 32.6. The number of hydrogen-bond acceptors (Lipinski definition) is 11. The zero-order valence-corrected chi connectivity index (χ0v) is 28.3. The van der Waals surface area contributed by atoms with Gasteiger partial charge in [0.25, 0.3) is 0 Å². The van der Waals surface area contributed by atoms with Crippen LogP contribution in [0.15, 0.2) is 35.8 Å². The zero-order valence-electron chi connectivity index (χ0n) is 23.8. The van der Waals surface area contributed by atoms with E-state index in [1.54, 1.807) is 36.8 Å². The molecule has 1 atom stereocenters. The number of amides is 3. The molecule has 2 heterocycles. The number of methoxy groups -OCH3 is 2. The molecule has 2 aromatic rings. The van der Waals surface area contributed by atoms with Gasteiger partial charge in [-0.05, 0) is 12.1 Å². The van der Waals surface area contributed by atoms with Crippen LogP contribution in [0.4, 0.5) is 0 Å². The fourth-order valence-electron chi connectivity index (χ4n) is 3.88. The number of imidazole rings is 1. The van der Waals surface area contributed by atoms with Crippen molar-refractivity contribution in [1.82, 2.24) is 39.4 Å². The van der Waals surface area contributed by atoms with Gasteiger partial charge in [0.1, 0.15) is 18.0 Å². The van der Waals surface area contributed by atoms with Gasteiger partial charge < -0.3 is 14.6 Å². The average Bonchev–Trinajstić information content (AvgIpc) is 3.59.